The Kier molecular flexibility index (Phi) is 4.42. The van der Waals surface area contributed by atoms with Crippen LogP contribution in [-0.4, -0.2) is 20.7 Å². The molecule has 0 saturated carbocycles. The van der Waals surface area contributed by atoms with E-state index in [1.807, 2.05) is 68.4 Å². The molecular formula is C19H20N4O. The van der Waals surface area contributed by atoms with E-state index in [1.54, 1.807) is 0 Å². The van der Waals surface area contributed by atoms with Crippen molar-refractivity contribution >= 4 is 11.9 Å². The van der Waals surface area contributed by atoms with Gasteiger partial charge in [0.05, 0.1) is 5.92 Å². The third-order valence-electron chi connectivity index (χ3n) is 4.14. The number of rotatable bonds is 4. The summed E-state index contributed by atoms with van der Waals surface area (Å²) in [5.74, 6) is 0.142. The standard InChI is InChI=1S/C19H20N4O/c1-3-15(14-10-5-4-6-11-14)18(24)23-19(20)21-17(22-23)16-12-8-7-9-13(16)2/h4-12,15H,3H2,1-2H3,(H2,20,21,22)/t15-/m0/s1. The second-order valence-electron chi connectivity index (χ2n) is 5.73. The summed E-state index contributed by atoms with van der Waals surface area (Å²) in [4.78, 5) is 17.2. The van der Waals surface area contributed by atoms with Gasteiger partial charge in [-0.05, 0) is 24.5 Å². The number of nitrogens with zero attached hydrogens (tertiary/aromatic N) is 3. The van der Waals surface area contributed by atoms with Crippen LogP contribution in [0, 0.1) is 6.92 Å². The lowest BCUT2D eigenvalue weighted by Gasteiger charge is -2.13. The van der Waals surface area contributed by atoms with Crippen molar-refractivity contribution in [3.63, 3.8) is 0 Å². The van der Waals surface area contributed by atoms with E-state index in [0.717, 1.165) is 16.7 Å². The molecule has 1 heterocycles. The molecule has 0 aliphatic heterocycles. The Bertz CT molecular complexity index is 855. The second-order valence-corrected chi connectivity index (χ2v) is 5.73. The molecule has 0 aliphatic carbocycles. The molecule has 1 atom stereocenters. The van der Waals surface area contributed by atoms with Gasteiger partial charge in [0.25, 0.3) is 5.91 Å². The minimum atomic E-state index is -0.292. The van der Waals surface area contributed by atoms with Crippen LogP contribution in [0.1, 0.15) is 35.2 Å². The van der Waals surface area contributed by atoms with E-state index in [9.17, 15) is 4.79 Å². The Morgan fingerprint density at radius 2 is 1.79 bits per heavy atom. The van der Waals surface area contributed by atoms with Crippen molar-refractivity contribution in [1.82, 2.24) is 14.8 Å². The molecule has 2 N–H and O–H groups in total. The van der Waals surface area contributed by atoms with Crippen LogP contribution >= 0.6 is 0 Å². The number of aromatic nitrogens is 3. The summed E-state index contributed by atoms with van der Waals surface area (Å²) in [6.45, 7) is 3.96. The van der Waals surface area contributed by atoms with Gasteiger partial charge in [0.15, 0.2) is 5.82 Å². The zero-order valence-electron chi connectivity index (χ0n) is 13.8. The third kappa shape index (κ3) is 2.93. The van der Waals surface area contributed by atoms with Gasteiger partial charge in [0.2, 0.25) is 5.95 Å². The highest BCUT2D eigenvalue weighted by Crippen LogP contribution is 2.25. The molecule has 0 unspecified atom stereocenters. The molecule has 0 bridgehead atoms. The Hall–Kier alpha value is -2.95. The van der Waals surface area contributed by atoms with Crippen LogP contribution in [0.15, 0.2) is 54.6 Å². The lowest BCUT2D eigenvalue weighted by Crippen LogP contribution is -2.22. The van der Waals surface area contributed by atoms with Crippen LogP contribution in [-0.2, 0) is 0 Å². The van der Waals surface area contributed by atoms with Gasteiger partial charge in [-0.1, -0.05) is 61.5 Å². The predicted octanol–water partition coefficient (Wildman–Crippen LogP) is 3.67. The molecule has 3 rings (SSSR count). The lowest BCUT2D eigenvalue weighted by atomic mass is 9.96. The number of anilines is 1. The van der Waals surface area contributed by atoms with Crippen molar-refractivity contribution in [2.75, 3.05) is 5.73 Å². The largest absolute Gasteiger partial charge is 0.368 e. The number of nitrogens with two attached hydrogens (primary N) is 1. The van der Waals surface area contributed by atoms with Crippen LogP contribution in [0.3, 0.4) is 0 Å². The molecule has 0 spiro atoms. The first-order valence-corrected chi connectivity index (χ1v) is 7.99. The SMILES string of the molecule is CC[C@H](C(=O)n1nc(-c2ccccc2C)nc1N)c1ccccc1. The van der Waals surface area contributed by atoms with Crippen molar-refractivity contribution in [2.24, 2.45) is 0 Å². The van der Waals surface area contributed by atoms with Gasteiger partial charge in [-0.3, -0.25) is 4.79 Å². The molecule has 122 valence electrons. The molecule has 0 aliphatic rings. The van der Waals surface area contributed by atoms with E-state index in [1.165, 1.54) is 4.68 Å². The monoisotopic (exact) mass is 320 g/mol. The lowest BCUT2D eigenvalue weighted by molar-refractivity contribution is 0.0862. The van der Waals surface area contributed by atoms with Gasteiger partial charge in [0.1, 0.15) is 0 Å². The van der Waals surface area contributed by atoms with Crippen molar-refractivity contribution in [3.8, 4) is 11.4 Å². The molecule has 0 fully saturated rings. The van der Waals surface area contributed by atoms with Gasteiger partial charge in [0, 0.05) is 5.56 Å². The van der Waals surface area contributed by atoms with Crippen molar-refractivity contribution in [2.45, 2.75) is 26.2 Å². The van der Waals surface area contributed by atoms with Crippen LogP contribution in [0.25, 0.3) is 11.4 Å². The fourth-order valence-electron chi connectivity index (χ4n) is 2.81. The van der Waals surface area contributed by atoms with Gasteiger partial charge >= 0.3 is 0 Å². The Morgan fingerprint density at radius 1 is 1.12 bits per heavy atom. The number of aryl methyl sites for hydroxylation is 1. The molecule has 5 heteroatoms. The molecule has 2 aromatic carbocycles. The minimum Gasteiger partial charge on any atom is -0.368 e. The molecule has 24 heavy (non-hydrogen) atoms. The first kappa shape index (κ1) is 15.9. The normalized spacial score (nSPS) is 12.1. The Labute approximate surface area is 141 Å². The summed E-state index contributed by atoms with van der Waals surface area (Å²) >= 11 is 0. The smallest absolute Gasteiger partial charge is 0.257 e. The number of nitrogen functional groups attached to an aromatic ring is 1. The van der Waals surface area contributed by atoms with E-state index >= 15 is 0 Å². The average molecular weight is 320 g/mol. The number of benzene rings is 2. The maximum absolute atomic E-state index is 12.9. The number of carbonyl (C=O) groups excluding carboxylic acids is 1. The second kappa shape index (κ2) is 6.66. The molecule has 0 saturated heterocycles. The average Bonchev–Trinajstić information content (AvgIpc) is 2.98. The van der Waals surface area contributed by atoms with E-state index in [4.69, 9.17) is 5.73 Å². The van der Waals surface area contributed by atoms with E-state index < -0.39 is 0 Å². The van der Waals surface area contributed by atoms with Crippen molar-refractivity contribution in [1.29, 1.82) is 0 Å². The number of hydrogen-bond acceptors (Lipinski definition) is 4. The zero-order chi connectivity index (χ0) is 17.1. The van der Waals surface area contributed by atoms with Crippen LogP contribution in [0.5, 0.6) is 0 Å². The van der Waals surface area contributed by atoms with Gasteiger partial charge in [-0.2, -0.15) is 9.67 Å². The maximum atomic E-state index is 12.9. The Balaban J connectivity index is 1.98. The summed E-state index contributed by atoms with van der Waals surface area (Å²) in [5.41, 5.74) is 8.84. The first-order chi connectivity index (χ1) is 11.6. The van der Waals surface area contributed by atoms with Crippen LogP contribution in [0.2, 0.25) is 0 Å². The fraction of sp³-hybridized carbons (Fsp3) is 0.211. The fourth-order valence-corrected chi connectivity index (χ4v) is 2.81. The summed E-state index contributed by atoms with van der Waals surface area (Å²) in [7, 11) is 0. The van der Waals surface area contributed by atoms with Gasteiger partial charge in [-0.25, -0.2) is 0 Å². The summed E-state index contributed by atoms with van der Waals surface area (Å²) in [6.07, 6.45) is 0.668. The van der Waals surface area contributed by atoms with Gasteiger partial charge in [-0.15, -0.1) is 5.10 Å². The predicted molar refractivity (Wildman–Crippen MR) is 94.7 cm³/mol. The molecular weight excluding hydrogens is 300 g/mol. The first-order valence-electron chi connectivity index (χ1n) is 7.99. The molecule has 5 nitrogen and oxygen atoms in total. The zero-order valence-corrected chi connectivity index (χ0v) is 13.8. The van der Waals surface area contributed by atoms with Crippen molar-refractivity contribution in [3.05, 3.63) is 65.7 Å². The Morgan fingerprint density at radius 3 is 2.46 bits per heavy atom. The minimum absolute atomic E-state index is 0.118. The highest BCUT2D eigenvalue weighted by molar-refractivity contribution is 5.87. The summed E-state index contributed by atoms with van der Waals surface area (Å²) < 4.78 is 1.23. The maximum Gasteiger partial charge on any atom is 0.257 e. The number of carbonyl (C=O) groups is 1. The van der Waals surface area contributed by atoms with Crippen LogP contribution in [0.4, 0.5) is 5.95 Å². The highest BCUT2D eigenvalue weighted by atomic mass is 16.2. The molecule has 1 aromatic heterocycles. The molecule has 0 radical (unpaired) electrons. The van der Waals surface area contributed by atoms with Crippen LogP contribution < -0.4 is 5.73 Å². The van der Waals surface area contributed by atoms with E-state index in [-0.39, 0.29) is 17.8 Å². The topological polar surface area (TPSA) is 73.8 Å². The van der Waals surface area contributed by atoms with E-state index in [2.05, 4.69) is 10.1 Å². The molecule has 0 amide bonds. The van der Waals surface area contributed by atoms with Gasteiger partial charge < -0.3 is 5.73 Å². The third-order valence-corrected chi connectivity index (χ3v) is 4.14. The van der Waals surface area contributed by atoms with Crippen molar-refractivity contribution < 1.29 is 4.79 Å². The summed E-state index contributed by atoms with van der Waals surface area (Å²) in [5, 5.41) is 4.37. The summed E-state index contributed by atoms with van der Waals surface area (Å²) in [6, 6.07) is 17.4. The molecule has 3 aromatic rings. The van der Waals surface area contributed by atoms with E-state index in [0.29, 0.717) is 12.2 Å². The highest BCUT2D eigenvalue weighted by Gasteiger charge is 2.24. The number of hydrogen-bond donors (Lipinski definition) is 1. The quantitative estimate of drug-likeness (QED) is 0.796.